The number of carbonyl (C=O) groups is 2. The maximum absolute atomic E-state index is 12.4. The average molecular weight is 432 g/mol. The Morgan fingerprint density at radius 2 is 1.52 bits per heavy atom. The van der Waals surface area contributed by atoms with E-state index in [4.69, 9.17) is 9.47 Å². The third-order valence-electron chi connectivity index (χ3n) is 6.23. The lowest BCUT2D eigenvalue weighted by Crippen LogP contribution is -2.54. The van der Waals surface area contributed by atoms with Gasteiger partial charge in [-0.15, -0.1) is 0 Å². The predicted octanol–water partition coefficient (Wildman–Crippen LogP) is 3.98. The zero-order chi connectivity index (χ0) is 22.4. The molecule has 2 aliphatic heterocycles. The number of piperidine rings is 1. The molecule has 2 fully saturated rings. The number of piperazine rings is 1. The topological polar surface area (TPSA) is 62.3 Å². The van der Waals surface area contributed by atoms with E-state index in [1.54, 1.807) is 4.90 Å². The van der Waals surface area contributed by atoms with Gasteiger partial charge in [-0.25, -0.2) is 9.59 Å². The van der Waals surface area contributed by atoms with Crippen LogP contribution in [0, 0.1) is 5.92 Å². The molecule has 2 heterocycles. The maximum Gasteiger partial charge on any atom is 0.410 e. The van der Waals surface area contributed by atoms with Crippen LogP contribution in [0.3, 0.4) is 0 Å². The number of hydrogen-bond donors (Lipinski definition) is 0. The van der Waals surface area contributed by atoms with E-state index >= 15 is 0 Å². The van der Waals surface area contributed by atoms with Gasteiger partial charge in [0.15, 0.2) is 0 Å². The SMILES string of the molecule is CC(C1CCN(C(=O)OCc2ccccc2)CC1)N1CCN(C(=O)OC(C)(C)C)CC1. The minimum atomic E-state index is -0.461. The molecule has 172 valence electrons. The summed E-state index contributed by atoms with van der Waals surface area (Å²) >= 11 is 0. The Bertz CT molecular complexity index is 718. The van der Waals surface area contributed by atoms with E-state index < -0.39 is 5.60 Å². The number of hydrogen-bond acceptors (Lipinski definition) is 5. The summed E-state index contributed by atoms with van der Waals surface area (Å²) in [7, 11) is 0. The quantitative estimate of drug-likeness (QED) is 0.722. The van der Waals surface area contributed by atoms with Gasteiger partial charge in [-0.05, 0) is 52.0 Å². The van der Waals surface area contributed by atoms with Crippen LogP contribution >= 0.6 is 0 Å². The van der Waals surface area contributed by atoms with E-state index in [9.17, 15) is 9.59 Å². The molecule has 2 amide bonds. The number of rotatable bonds is 4. The molecular weight excluding hydrogens is 394 g/mol. The molecule has 0 spiro atoms. The highest BCUT2D eigenvalue weighted by atomic mass is 16.6. The molecule has 31 heavy (non-hydrogen) atoms. The van der Waals surface area contributed by atoms with Gasteiger partial charge in [-0.3, -0.25) is 4.90 Å². The monoisotopic (exact) mass is 431 g/mol. The van der Waals surface area contributed by atoms with E-state index in [0.717, 1.165) is 44.6 Å². The Hall–Kier alpha value is -2.28. The summed E-state index contributed by atoms with van der Waals surface area (Å²) in [6, 6.07) is 10.2. The highest BCUT2D eigenvalue weighted by molar-refractivity contribution is 5.68. The van der Waals surface area contributed by atoms with Crippen molar-refractivity contribution in [1.29, 1.82) is 0 Å². The van der Waals surface area contributed by atoms with Crippen molar-refractivity contribution in [3.8, 4) is 0 Å². The molecule has 0 N–H and O–H groups in total. The van der Waals surface area contributed by atoms with Crippen molar-refractivity contribution >= 4 is 12.2 Å². The summed E-state index contributed by atoms with van der Waals surface area (Å²) < 4.78 is 11.0. The van der Waals surface area contributed by atoms with Gasteiger partial charge in [0.2, 0.25) is 0 Å². The highest BCUT2D eigenvalue weighted by Gasteiger charge is 2.33. The van der Waals surface area contributed by atoms with Gasteiger partial charge in [0, 0.05) is 45.3 Å². The normalized spacial score (nSPS) is 19.7. The average Bonchev–Trinajstić information content (AvgIpc) is 2.77. The molecule has 2 saturated heterocycles. The van der Waals surface area contributed by atoms with Gasteiger partial charge in [0.05, 0.1) is 0 Å². The number of amides is 2. The maximum atomic E-state index is 12.4. The molecule has 0 aromatic heterocycles. The van der Waals surface area contributed by atoms with Gasteiger partial charge in [-0.2, -0.15) is 0 Å². The van der Waals surface area contributed by atoms with Crippen LogP contribution in [0.4, 0.5) is 9.59 Å². The summed E-state index contributed by atoms with van der Waals surface area (Å²) in [6.07, 6.45) is 1.52. The van der Waals surface area contributed by atoms with Crippen LogP contribution in [0.2, 0.25) is 0 Å². The lowest BCUT2D eigenvalue weighted by molar-refractivity contribution is 0.00485. The van der Waals surface area contributed by atoms with E-state index in [1.165, 1.54) is 0 Å². The number of ether oxygens (including phenoxy) is 2. The van der Waals surface area contributed by atoms with Gasteiger partial charge in [-0.1, -0.05) is 30.3 Å². The second-order valence-corrected chi connectivity index (χ2v) is 9.61. The van der Waals surface area contributed by atoms with Crippen molar-refractivity contribution in [2.45, 2.75) is 58.8 Å². The summed E-state index contributed by atoms with van der Waals surface area (Å²) in [6.45, 7) is 12.9. The fourth-order valence-corrected chi connectivity index (χ4v) is 4.31. The van der Waals surface area contributed by atoms with Crippen LogP contribution in [0.25, 0.3) is 0 Å². The Morgan fingerprint density at radius 1 is 0.935 bits per heavy atom. The first-order valence-corrected chi connectivity index (χ1v) is 11.4. The zero-order valence-corrected chi connectivity index (χ0v) is 19.4. The summed E-state index contributed by atoms with van der Waals surface area (Å²) in [5.41, 5.74) is 0.544. The minimum Gasteiger partial charge on any atom is -0.445 e. The zero-order valence-electron chi connectivity index (χ0n) is 19.4. The van der Waals surface area contributed by atoms with E-state index in [-0.39, 0.29) is 12.2 Å². The number of likely N-dealkylation sites (tertiary alicyclic amines) is 1. The molecular formula is C24H37N3O4. The molecule has 7 nitrogen and oxygen atoms in total. The molecule has 7 heteroatoms. The van der Waals surface area contributed by atoms with Crippen LogP contribution in [0.15, 0.2) is 30.3 Å². The van der Waals surface area contributed by atoms with Crippen molar-refractivity contribution in [1.82, 2.24) is 14.7 Å². The third kappa shape index (κ3) is 6.86. The predicted molar refractivity (Wildman–Crippen MR) is 120 cm³/mol. The number of carbonyl (C=O) groups excluding carboxylic acids is 2. The van der Waals surface area contributed by atoms with Gasteiger partial charge < -0.3 is 19.3 Å². The second kappa shape index (κ2) is 10.4. The van der Waals surface area contributed by atoms with Gasteiger partial charge >= 0.3 is 12.2 Å². The minimum absolute atomic E-state index is 0.220. The molecule has 1 aromatic rings. The number of nitrogens with zero attached hydrogens (tertiary/aromatic N) is 3. The summed E-state index contributed by atoms with van der Waals surface area (Å²) in [4.78, 5) is 30.8. The molecule has 2 aliphatic rings. The van der Waals surface area contributed by atoms with Crippen molar-refractivity contribution in [2.75, 3.05) is 39.3 Å². The highest BCUT2D eigenvalue weighted by Crippen LogP contribution is 2.25. The van der Waals surface area contributed by atoms with Crippen molar-refractivity contribution in [3.05, 3.63) is 35.9 Å². The van der Waals surface area contributed by atoms with E-state index in [2.05, 4.69) is 11.8 Å². The third-order valence-corrected chi connectivity index (χ3v) is 6.23. The fourth-order valence-electron chi connectivity index (χ4n) is 4.31. The first-order chi connectivity index (χ1) is 14.7. The Morgan fingerprint density at radius 3 is 2.10 bits per heavy atom. The lowest BCUT2D eigenvalue weighted by Gasteiger charge is -2.43. The summed E-state index contributed by atoms with van der Waals surface area (Å²) in [5, 5.41) is 0. The van der Waals surface area contributed by atoms with Gasteiger partial charge in [0.25, 0.3) is 0 Å². The van der Waals surface area contributed by atoms with Crippen LogP contribution in [0.1, 0.15) is 46.1 Å². The molecule has 1 aromatic carbocycles. The van der Waals surface area contributed by atoms with Gasteiger partial charge in [0.1, 0.15) is 12.2 Å². The Balaban J connectivity index is 1.39. The first kappa shape index (κ1) is 23.4. The van der Waals surface area contributed by atoms with Crippen molar-refractivity contribution < 1.29 is 19.1 Å². The summed E-state index contributed by atoms with van der Waals surface area (Å²) in [5.74, 6) is 0.547. The molecule has 0 radical (unpaired) electrons. The van der Waals surface area contributed by atoms with Crippen molar-refractivity contribution in [2.24, 2.45) is 5.92 Å². The van der Waals surface area contributed by atoms with E-state index in [0.29, 0.717) is 31.7 Å². The Labute approximate surface area is 186 Å². The fraction of sp³-hybridized carbons (Fsp3) is 0.667. The first-order valence-electron chi connectivity index (χ1n) is 11.4. The molecule has 1 unspecified atom stereocenters. The standard InChI is InChI=1S/C24H37N3O4/c1-19(25-14-16-27(17-15-25)23(29)31-24(2,3)4)21-10-12-26(13-11-21)22(28)30-18-20-8-6-5-7-9-20/h5-9,19,21H,10-18H2,1-4H3. The number of benzene rings is 1. The molecule has 1 atom stereocenters. The van der Waals surface area contributed by atoms with Crippen LogP contribution in [0.5, 0.6) is 0 Å². The molecule has 0 saturated carbocycles. The molecule has 0 aliphatic carbocycles. The van der Waals surface area contributed by atoms with Crippen LogP contribution in [-0.2, 0) is 16.1 Å². The molecule has 0 bridgehead atoms. The lowest BCUT2D eigenvalue weighted by atomic mass is 9.89. The van der Waals surface area contributed by atoms with Crippen molar-refractivity contribution in [3.63, 3.8) is 0 Å². The smallest absolute Gasteiger partial charge is 0.410 e. The molecule has 3 rings (SSSR count). The van der Waals surface area contributed by atoms with Crippen LogP contribution in [-0.4, -0.2) is 77.8 Å². The van der Waals surface area contributed by atoms with Crippen LogP contribution < -0.4 is 0 Å². The second-order valence-electron chi connectivity index (χ2n) is 9.61. The largest absolute Gasteiger partial charge is 0.445 e. The van der Waals surface area contributed by atoms with E-state index in [1.807, 2.05) is 56.0 Å². The Kier molecular flexibility index (Phi) is 7.81.